The van der Waals surface area contributed by atoms with Crippen LogP contribution < -0.4 is 5.73 Å². The highest BCUT2D eigenvalue weighted by atomic mass is 32.1. The molecule has 13 heavy (non-hydrogen) atoms. The quantitative estimate of drug-likeness (QED) is 0.613. The number of amides is 1. The molecule has 0 aromatic rings. The first-order valence-corrected chi connectivity index (χ1v) is 5.51. The summed E-state index contributed by atoms with van der Waals surface area (Å²) in [5, 5.41) is 0. The fourth-order valence-corrected chi connectivity index (χ4v) is 1.89. The number of thiol groups is 1. The van der Waals surface area contributed by atoms with E-state index in [0.717, 1.165) is 38.8 Å². The molecule has 1 aliphatic rings. The van der Waals surface area contributed by atoms with Gasteiger partial charge in [-0.1, -0.05) is 0 Å². The molecular weight excluding hydrogens is 184 g/mol. The highest BCUT2D eigenvalue weighted by molar-refractivity contribution is 7.81. The first kappa shape index (κ1) is 10.9. The van der Waals surface area contributed by atoms with Crippen LogP contribution in [-0.2, 0) is 4.79 Å². The number of carbonyl (C=O) groups excluding carboxylic acids is 1. The molecule has 0 atom stereocenters. The van der Waals surface area contributed by atoms with Crippen LogP contribution in [0.25, 0.3) is 0 Å². The van der Waals surface area contributed by atoms with Crippen molar-refractivity contribution in [2.24, 2.45) is 5.73 Å². The van der Waals surface area contributed by atoms with Crippen molar-refractivity contribution in [2.45, 2.75) is 31.7 Å². The summed E-state index contributed by atoms with van der Waals surface area (Å²) in [6.45, 7) is 1.71. The average Bonchev–Trinajstić information content (AvgIpc) is 2.10. The molecule has 4 heteroatoms. The Morgan fingerprint density at radius 1 is 1.38 bits per heavy atom. The Kier molecular flexibility index (Phi) is 4.59. The highest BCUT2D eigenvalue weighted by Gasteiger charge is 2.15. The van der Waals surface area contributed by atoms with Gasteiger partial charge in [-0.25, -0.2) is 0 Å². The Balaban J connectivity index is 2.36. The molecule has 1 amide bonds. The van der Waals surface area contributed by atoms with Crippen LogP contribution in [0.5, 0.6) is 0 Å². The number of rotatable bonds is 1. The van der Waals surface area contributed by atoms with Gasteiger partial charge in [0.2, 0.25) is 5.91 Å². The number of hydrogen-bond acceptors (Lipinski definition) is 3. The van der Waals surface area contributed by atoms with Crippen molar-refractivity contribution in [2.75, 3.05) is 18.8 Å². The lowest BCUT2D eigenvalue weighted by Gasteiger charge is -2.26. The van der Waals surface area contributed by atoms with Crippen LogP contribution in [0.1, 0.15) is 25.7 Å². The number of nitrogens with zero attached hydrogens (tertiary/aromatic N) is 1. The maximum Gasteiger partial charge on any atom is 0.232 e. The topological polar surface area (TPSA) is 46.3 Å². The fourth-order valence-electron chi connectivity index (χ4n) is 1.69. The number of hydrogen-bond donors (Lipinski definition) is 2. The average molecular weight is 202 g/mol. The van der Waals surface area contributed by atoms with Crippen molar-refractivity contribution in [1.29, 1.82) is 0 Å². The standard InChI is InChI=1S/C9H18N2OS/c10-8-3-1-5-11(6-2-4-8)9(12)7-13/h8,13H,1-7,10H2. The molecule has 0 unspecified atom stereocenters. The van der Waals surface area contributed by atoms with Crippen LogP contribution in [0.15, 0.2) is 0 Å². The Labute approximate surface area is 85.1 Å². The highest BCUT2D eigenvalue weighted by Crippen LogP contribution is 2.10. The van der Waals surface area contributed by atoms with Gasteiger partial charge in [-0.2, -0.15) is 12.6 Å². The third-order valence-corrected chi connectivity index (χ3v) is 2.76. The molecule has 2 N–H and O–H groups in total. The molecule has 1 saturated heterocycles. The maximum absolute atomic E-state index is 11.3. The molecule has 1 heterocycles. The third-order valence-electron chi connectivity index (χ3n) is 2.49. The second kappa shape index (κ2) is 5.50. The van der Waals surface area contributed by atoms with E-state index in [2.05, 4.69) is 12.6 Å². The molecule has 0 aliphatic carbocycles. The van der Waals surface area contributed by atoms with Gasteiger partial charge in [0.05, 0.1) is 5.75 Å². The smallest absolute Gasteiger partial charge is 0.232 e. The molecule has 0 aromatic carbocycles. The van der Waals surface area contributed by atoms with Gasteiger partial charge in [-0.05, 0) is 25.7 Å². The SMILES string of the molecule is NC1CCCN(C(=O)CS)CCC1. The van der Waals surface area contributed by atoms with Crippen LogP contribution in [0.3, 0.4) is 0 Å². The van der Waals surface area contributed by atoms with Crippen LogP contribution >= 0.6 is 12.6 Å². The van der Waals surface area contributed by atoms with Gasteiger partial charge in [-0.15, -0.1) is 0 Å². The van der Waals surface area contributed by atoms with Crippen molar-refractivity contribution in [1.82, 2.24) is 4.90 Å². The summed E-state index contributed by atoms with van der Waals surface area (Å²) in [4.78, 5) is 13.2. The first-order valence-electron chi connectivity index (χ1n) is 4.88. The molecule has 0 aromatic heterocycles. The van der Waals surface area contributed by atoms with Gasteiger partial charge in [0.15, 0.2) is 0 Å². The molecule has 3 nitrogen and oxygen atoms in total. The minimum atomic E-state index is 0.152. The van der Waals surface area contributed by atoms with E-state index in [-0.39, 0.29) is 5.91 Å². The van der Waals surface area contributed by atoms with E-state index < -0.39 is 0 Å². The van der Waals surface area contributed by atoms with E-state index in [1.807, 2.05) is 4.90 Å². The Hall–Kier alpha value is -0.220. The first-order chi connectivity index (χ1) is 6.24. The second-order valence-corrected chi connectivity index (χ2v) is 3.90. The fraction of sp³-hybridized carbons (Fsp3) is 0.889. The van der Waals surface area contributed by atoms with Crippen LogP contribution in [0.4, 0.5) is 0 Å². The third kappa shape index (κ3) is 3.56. The summed E-state index contributed by atoms with van der Waals surface area (Å²) < 4.78 is 0. The van der Waals surface area contributed by atoms with E-state index >= 15 is 0 Å². The van der Waals surface area contributed by atoms with E-state index in [4.69, 9.17) is 5.73 Å². The van der Waals surface area contributed by atoms with E-state index in [0.29, 0.717) is 11.8 Å². The summed E-state index contributed by atoms with van der Waals surface area (Å²) in [6.07, 6.45) is 4.13. The van der Waals surface area contributed by atoms with Crippen LogP contribution in [0.2, 0.25) is 0 Å². The second-order valence-electron chi connectivity index (χ2n) is 3.58. The zero-order valence-corrected chi connectivity index (χ0v) is 8.80. The summed E-state index contributed by atoms with van der Waals surface area (Å²) in [6, 6.07) is 0.341. The number of nitrogens with two attached hydrogens (primary N) is 1. The molecule has 76 valence electrons. The van der Waals surface area contributed by atoms with Crippen molar-refractivity contribution >= 4 is 18.5 Å². The molecule has 0 radical (unpaired) electrons. The molecule has 1 fully saturated rings. The van der Waals surface area contributed by atoms with Gasteiger partial charge in [0, 0.05) is 19.1 Å². The van der Waals surface area contributed by atoms with Gasteiger partial charge in [0.1, 0.15) is 0 Å². The molecule has 0 saturated carbocycles. The maximum atomic E-state index is 11.3. The zero-order valence-electron chi connectivity index (χ0n) is 7.91. The number of likely N-dealkylation sites (tertiary alicyclic amines) is 1. The lowest BCUT2D eigenvalue weighted by Crippen LogP contribution is -2.37. The Morgan fingerprint density at radius 2 is 1.92 bits per heavy atom. The van der Waals surface area contributed by atoms with Gasteiger partial charge < -0.3 is 10.6 Å². The minimum absolute atomic E-state index is 0.152. The zero-order chi connectivity index (χ0) is 9.68. The van der Waals surface area contributed by atoms with Gasteiger partial charge >= 0.3 is 0 Å². The Bertz CT molecular complexity index is 165. The molecule has 1 aliphatic heterocycles. The van der Waals surface area contributed by atoms with E-state index in [9.17, 15) is 4.79 Å². The van der Waals surface area contributed by atoms with Crippen LogP contribution in [-0.4, -0.2) is 35.7 Å². The van der Waals surface area contributed by atoms with E-state index in [1.54, 1.807) is 0 Å². The van der Waals surface area contributed by atoms with Crippen molar-refractivity contribution in [3.63, 3.8) is 0 Å². The minimum Gasteiger partial charge on any atom is -0.342 e. The number of carbonyl (C=O) groups is 1. The summed E-state index contributed by atoms with van der Waals surface area (Å²) in [5.74, 6) is 0.477. The van der Waals surface area contributed by atoms with Crippen molar-refractivity contribution in [3.05, 3.63) is 0 Å². The molecule has 0 spiro atoms. The molecule has 1 rings (SSSR count). The van der Waals surface area contributed by atoms with Crippen molar-refractivity contribution < 1.29 is 4.79 Å². The largest absolute Gasteiger partial charge is 0.342 e. The monoisotopic (exact) mass is 202 g/mol. The lowest BCUT2D eigenvalue weighted by molar-refractivity contribution is -0.128. The molecule has 0 bridgehead atoms. The van der Waals surface area contributed by atoms with Crippen molar-refractivity contribution in [3.8, 4) is 0 Å². The predicted octanol–water partition coefficient (Wildman–Crippen LogP) is 0.646. The molecular formula is C9H18N2OS. The normalized spacial score (nSPS) is 20.9. The van der Waals surface area contributed by atoms with Gasteiger partial charge in [-0.3, -0.25) is 4.79 Å². The Morgan fingerprint density at radius 3 is 2.38 bits per heavy atom. The summed E-state index contributed by atoms with van der Waals surface area (Å²) in [5.41, 5.74) is 5.84. The summed E-state index contributed by atoms with van der Waals surface area (Å²) in [7, 11) is 0. The van der Waals surface area contributed by atoms with E-state index in [1.165, 1.54) is 0 Å². The summed E-state index contributed by atoms with van der Waals surface area (Å²) >= 11 is 3.99. The lowest BCUT2D eigenvalue weighted by atomic mass is 10.0. The van der Waals surface area contributed by atoms with Crippen LogP contribution in [0, 0.1) is 0 Å². The van der Waals surface area contributed by atoms with Gasteiger partial charge in [0.25, 0.3) is 0 Å². The predicted molar refractivity (Wildman–Crippen MR) is 56.9 cm³/mol.